The summed E-state index contributed by atoms with van der Waals surface area (Å²) < 4.78 is 5.12. The fourth-order valence-corrected chi connectivity index (χ4v) is 2.09. The van der Waals surface area contributed by atoms with Crippen molar-refractivity contribution in [2.45, 2.75) is 18.9 Å². The first kappa shape index (κ1) is 12.2. The van der Waals surface area contributed by atoms with Crippen LogP contribution in [0.15, 0.2) is 18.2 Å². The molecular formula is C13H15ClN2O. The molecule has 1 aromatic carbocycles. The van der Waals surface area contributed by atoms with Crippen molar-refractivity contribution in [2.75, 3.05) is 25.2 Å². The molecule has 0 unspecified atom stereocenters. The van der Waals surface area contributed by atoms with E-state index in [0.29, 0.717) is 23.2 Å². The summed E-state index contributed by atoms with van der Waals surface area (Å²) >= 11 is 6.05. The first-order chi connectivity index (χ1) is 8.26. The zero-order valence-corrected chi connectivity index (χ0v) is 10.6. The SMILES string of the molecule is COCCN(c1ccc(C#N)c(Cl)c1)C1CC1. The van der Waals surface area contributed by atoms with Gasteiger partial charge in [-0.3, -0.25) is 0 Å². The largest absolute Gasteiger partial charge is 0.383 e. The minimum Gasteiger partial charge on any atom is -0.383 e. The maximum absolute atomic E-state index is 8.84. The quantitative estimate of drug-likeness (QED) is 0.806. The molecule has 0 bridgehead atoms. The van der Waals surface area contributed by atoms with Crippen molar-refractivity contribution >= 4 is 17.3 Å². The normalized spacial score (nSPS) is 14.4. The highest BCUT2D eigenvalue weighted by atomic mass is 35.5. The second-order valence-electron chi connectivity index (χ2n) is 4.19. The number of nitriles is 1. The molecule has 1 aliphatic rings. The molecule has 1 aromatic rings. The molecule has 4 heteroatoms. The van der Waals surface area contributed by atoms with Gasteiger partial charge in [-0.2, -0.15) is 5.26 Å². The topological polar surface area (TPSA) is 36.3 Å². The fraction of sp³-hybridized carbons (Fsp3) is 0.462. The van der Waals surface area contributed by atoms with E-state index in [1.165, 1.54) is 12.8 Å². The molecule has 1 fully saturated rings. The van der Waals surface area contributed by atoms with Crippen LogP contribution in [0.25, 0.3) is 0 Å². The molecule has 1 saturated carbocycles. The van der Waals surface area contributed by atoms with Crippen LogP contribution in [-0.4, -0.2) is 26.3 Å². The highest BCUT2D eigenvalue weighted by Gasteiger charge is 2.29. The van der Waals surface area contributed by atoms with E-state index in [9.17, 15) is 0 Å². The molecule has 0 spiro atoms. The molecule has 0 amide bonds. The number of nitrogens with zero attached hydrogens (tertiary/aromatic N) is 2. The van der Waals surface area contributed by atoms with Gasteiger partial charge in [0.2, 0.25) is 0 Å². The maximum atomic E-state index is 8.84. The first-order valence-electron chi connectivity index (χ1n) is 5.71. The third-order valence-corrected chi connectivity index (χ3v) is 3.24. The van der Waals surface area contributed by atoms with E-state index in [2.05, 4.69) is 11.0 Å². The van der Waals surface area contributed by atoms with E-state index in [1.54, 1.807) is 13.2 Å². The number of anilines is 1. The lowest BCUT2D eigenvalue weighted by Crippen LogP contribution is -2.29. The summed E-state index contributed by atoms with van der Waals surface area (Å²) in [4.78, 5) is 2.30. The van der Waals surface area contributed by atoms with E-state index < -0.39 is 0 Å². The predicted octanol–water partition coefficient (Wildman–Crippen LogP) is 2.83. The smallest absolute Gasteiger partial charge is 0.101 e. The van der Waals surface area contributed by atoms with Crippen LogP contribution in [0.2, 0.25) is 5.02 Å². The van der Waals surface area contributed by atoms with E-state index in [0.717, 1.165) is 12.2 Å². The Kier molecular flexibility index (Phi) is 3.88. The van der Waals surface area contributed by atoms with Gasteiger partial charge in [0.05, 0.1) is 17.2 Å². The lowest BCUT2D eigenvalue weighted by atomic mass is 10.2. The lowest BCUT2D eigenvalue weighted by molar-refractivity contribution is 0.205. The molecule has 0 radical (unpaired) electrons. The monoisotopic (exact) mass is 250 g/mol. The van der Waals surface area contributed by atoms with Crippen LogP contribution >= 0.6 is 11.6 Å². The Bertz CT molecular complexity index is 438. The standard InChI is InChI=1S/C13H15ClN2O/c1-17-7-6-16(11-4-5-11)12-3-2-10(9-15)13(14)8-12/h2-3,8,11H,4-7H2,1H3. The molecular weight excluding hydrogens is 236 g/mol. The average Bonchev–Trinajstić information content (AvgIpc) is 3.14. The van der Waals surface area contributed by atoms with Crippen molar-refractivity contribution in [2.24, 2.45) is 0 Å². The zero-order valence-electron chi connectivity index (χ0n) is 9.82. The van der Waals surface area contributed by atoms with Gasteiger partial charge in [-0.15, -0.1) is 0 Å². The van der Waals surface area contributed by atoms with Gasteiger partial charge in [0, 0.05) is 25.4 Å². The van der Waals surface area contributed by atoms with Gasteiger partial charge in [-0.1, -0.05) is 11.6 Å². The number of halogens is 1. The van der Waals surface area contributed by atoms with E-state index in [1.807, 2.05) is 12.1 Å². The van der Waals surface area contributed by atoms with E-state index in [-0.39, 0.29) is 0 Å². The summed E-state index contributed by atoms with van der Waals surface area (Å²) in [5.74, 6) is 0. The molecule has 0 aromatic heterocycles. The Morgan fingerprint density at radius 2 is 2.29 bits per heavy atom. The minimum absolute atomic E-state index is 0.521. The number of rotatable bonds is 5. The second-order valence-corrected chi connectivity index (χ2v) is 4.60. The van der Waals surface area contributed by atoms with Crippen LogP contribution in [0.5, 0.6) is 0 Å². The van der Waals surface area contributed by atoms with Gasteiger partial charge in [0.15, 0.2) is 0 Å². The van der Waals surface area contributed by atoms with Gasteiger partial charge in [0.1, 0.15) is 6.07 Å². The fourth-order valence-electron chi connectivity index (χ4n) is 1.87. The number of benzene rings is 1. The highest BCUT2D eigenvalue weighted by Crippen LogP contribution is 2.33. The predicted molar refractivity (Wildman–Crippen MR) is 68.4 cm³/mol. The van der Waals surface area contributed by atoms with Crippen LogP contribution < -0.4 is 4.90 Å². The Morgan fingerprint density at radius 1 is 1.53 bits per heavy atom. The van der Waals surface area contributed by atoms with Gasteiger partial charge in [-0.25, -0.2) is 0 Å². The van der Waals surface area contributed by atoms with Crippen LogP contribution in [0.4, 0.5) is 5.69 Å². The Hall–Kier alpha value is -1.24. The molecule has 0 atom stereocenters. The molecule has 0 saturated heterocycles. The number of hydrogen-bond donors (Lipinski definition) is 0. The first-order valence-corrected chi connectivity index (χ1v) is 6.09. The Morgan fingerprint density at radius 3 is 2.82 bits per heavy atom. The molecule has 3 nitrogen and oxygen atoms in total. The van der Waals surface area contributed by atoms with Crippen molar-refractivity contribution in [3.8, 4) is 6.07 Å². The van der Waals surface area contributed by atoms with E-state index in [4.69, 9.17) is 21.6 Å². The van der Waals surface area contributed by atoms with Crippen LogP contribution in [0, 0.1) is 11.3 Å². The Balaban J connectivity index is 2.18. The summed E-state index contributed by atoms with van der Waals surface area (Å²) in [6.07, 6.45) is 2.45. The summed E-state index contributed by atoms with van der Waals surface area (Å²) in [5, 5.41) is 9.36. The number of methoxy groups -OCH3 is 1. The van der Waals surface area contributed by atoms with Crippen LogP contribution in [-0.2, 0) is 4.74 Å². The molecule has 17 heavy (non-hydrogen) atoms. The highest BCUT2D eigenvalue weighted by molar-refractivity contribution is 6.32. The Labute approximate surface area is 107 Å². The van der Waals surface area contributed by atoms with E-state index >= 15 is 0 Å². The van der Waals surface area contributed by atoms with Crippen LogP contribution in [0.3, 0.4) is 0 Å². The molecule has 90 valence electrons. The molecule has 0 aliphatic heterocycles. The second kappa shape index (κ2) is 5.39. The molecule has 2 rings (SSSR count). The summed E-state index contributed by atoms with van der Waals surface area (Å²) in [6.45, 7) is 1.57. The van der Waals surface area contributed by atoms with Crippen LogP contribution in [0.1, 0.15) is 18.4 Å². The van der Waals surface area contributed by atoms with Crippen molar-refractivity contribution < 1.29 is 4.74 Å². The third-order valence-electron chi connectivity index (χ3n) is 2.93. The van der Waals surface area contributed by atoms with Crippen molar-refractivity contribution in [3.63, 3.8) is 0 Å². The molecule has 0 N–H and O–H groups in total. The average molecular weight is 251 g/mol. The summed E-state index contributed by atoms with van der Waals surface area (Å²) in [7, 11) is 1.71. The summed E-state index contributed by atoms with van der Waals surface area (Å²) in [6, 6.07) is 8.28. The van der Waals surface area contributed by atoms with Crippen molar-refractivity contribution in [3.05, 3.63) is 28.8 Å². The summed E-state index contributed by atoms with van der Waals surface area (Å²) in [5.41, 5.74) is 1.60. The minimum atomic E-state index is 0.521. The number of hydrogen-bond acceptors (Lipinski definition) is 3. The number of ether oxygens (including phenoxy) is 1. The van der Waals surface area contributed by atoms with Gasteiger partial charge < -0.3 is 9.64 Å². The van der Waals surface area contributed by atoms with Gasteiger partial charge >= 0.3 is 0 Å². The lowest BCUT2D eigenvalue weighted by Gasteiger charge is -2.24. The van der Waals surface area contributed by atoms with Crippen molar-refractivity contribution in [1.82, 2.24) is 0 Å². The molecule has 0 heterocycles. The third kappa shape index (κ3) is 2.91. The van der Waals surface area contributed by atoms with Gasteiger partial charge in [-0.05, 0) is 31.0 Å². The maximum Gasteiger partial charge on any atom is 0.101 e. The zero-order chi connectivity index (χ0) is 12.3. The van der Waals surface area contributed by atoms with Gasteiger partial charge in [0.25, 0.3) is 0 Å². The molecule has 1 aliphatic carbocycles. The van der Waals surface area contributed by atoms with Crippen molar-refractivity contribution in [1.29, 1.82) is 5.26 Å².